The fourth-order valence-electron chi connectivity index (χ4n) is 2.77. The quantitative estimate of drug-likeness (QED) is 0.833. The third-order valence-corrected chi connectivity index (χ3v) is 3.72. The van der Waals surface area contributed by atoms with Crippen molar-refractivity contribution < 1.29 is 14.7 Å². The lowest BCUT2D eigenvalue weighted by Crippen LogP contribution is -2.55. The Morgan fingerprint density at radius 3 is 2.68 bits per heavy atom. The van der Waals surface area contributed by atoms with E-state index < -0.39 is 17.7 Å². The van der Waals surface area contributed by atoms with Crippen molar-refractivity contribution in [1.82, 2.24) is 4.90 Å². The molecule has 1 aromatic rings. The van der Waals surface area contributed by atoms with Crippen molar-refractivity contribution in [2.24, 2.45) is 0 Å². The zero-order chi connectivity index (χ0) is 16.5. The van der Waals surface area contributed by atoms with Gasteiger partial charge in [-0.05, 0) is 57.4 Å². The van der Waals surface area contributed by atoms with E-state index in [4.69, 9.17) is 5.26 Å². The van der Waals surface area contributed by atoms with Gasteiger partial charge in [-0.1, -0.05) is 0 Å². The summed E-state index contributed by atoms with van der Waals surface area (Å²) in [5, 5.41) is 21.2. The summed E-state index contributed by atoms with van der Waals surface area (Å²) in [4.78, 5) is 25.2. The fourth-order valence-corrected chi connectivity index (χ4v) is 2.77. The molecule has 1 aliphatic heterocycles. The lowest BCUT2D eigenvalue weighted by molar-refractivity contribution is -0.122. The van der Waals surface area contributed by atoms with Crippen LogP contribution in [0.15, 0.2) is 18.2 Å². The van der Waals surface area contributed by atoms with Gasteiger partial charge in [0.2, 0.25) is 5.91 Å². The zero-order valence-corrected chi connectivity index (χ0v) is 12.9. The van der Waals surface area contributed by atoms with Crippen LogP contribution in [0.1, 0.15) is 38.3 Å². The minimum absolute atomic E-state index is 0.333. The predicted octanol–water partition coefficient (Wildman–Crippen LogP) is 2.59. The van der Waals surface area contributed by atoms with Gasteiger partial charge in [-0.25, -0.2) is 4.79 Å². The summed E-state index contributed by atoms with van der Waals surface area (Å²) in [6, 6.07) is 6.38. The number of hydrogen-bond donors (Lipinski definition) is 2. The molecule has 0 fully saturated rings. The summed E-state index contributed by atoms with van der Waals surface area (Å²) in [7, 11) is 0. The average molecular weight is 301 g/mol. The number of carbonyl (C=O) groups excluding carboxylic acids is 1. The molecule has 2 N–H and O–H groups in total. The van der Waals surface area contributed by atoms with Crippen LogP contribution in [-0.4, -0.2) is 33.6 Å². The number of carboxylic acid groups (broad SMARTS) is 1. The Hall–Kier alpha value is -2.55. The van der Waals surface area contributed by atoms with Crippen LogP contribution in [0.5, 0.6) is 0 Å². The van der Waals surface area contributed by atoms with Crippen LogP contribution >= 0.6 is 0 Å². The topological polar surface area (TPSA) is 93.4 Å². The van der Waals surface area contributed by atoms with Crippen molar-refractivity contribution >= 4 is 17.7 Å². The summed E-state index contributed by atoms with van der Waals surface area (Å²) >= 11 is 0. The first kappa shape index (κ1) is 15.8. The van der Waals surface area contributed by atoms with Gasteiger partial charge in [0.05, 0.1) is 11.6 Å². The van der Waals surface area contributed by atoms with E-state index in [1.165, 1.54) is 4.90 Å². The number of nitriles is 1. The van der Waals surface area contributed by atoms with Crippen LogP contribution in [0.25, 0.3) is 0 Å². The zero-order valence-electron chi connectivity index (χ0n) is 12.9. The van der Waals surface area contributed by atoms with Crippen LogP contribution in [-0.2, 0) is 11.2 Å². The highest BCUT2D eigenvalue weighted by Crippen LogP contribution is 2.28. The van der Waals surface area contributed by atoms with Gasteiger partial charge >= 0.3 is 6.09 Å². The number of rotatable bonds is 1. The van der Waals surface area contributed by atoms with Crippen molar-refractivity contribution in [1.29, 1.82) is 5.26 Å². The van der Waals surface area contributed by atoms with E-state index in [2.05, 4.69) is 11.4 Å². The molecule has 0 spiro atoms. The molecule has 2 rings (SSSR count). The number of nitrogens with zero attached hydrogens (tertiary/aromatic N) is 2. The Labute approximate surface area is 129 Å². The van der Waals surface area contributed by atoms with Crippen molar-refractivity contribution in [3.05, 3.63) is 29.3 Å². The maximum Gasteiger partial charge on any atom is 0.408 e. The molecule has 22 heavy (non-hydrogen) atoms. The lowest BCUT2D eigenvalue weighted by atomic mass is 9.99. The number of carbonyl (C=O) groups is 2. The molecule has 1 aromatic carbocycles. The third-order valence-electron chi connectivity index (χ3n) is 3.72. The number of benzene rings is 1. The molecule has 0 aromatic heterocycles. The van der Waals surface area contributed by atoms with Gasteiger partial charge in [0.15, 0.2) is 0 Å². The molecular formula is C16H19N3O3. The molecular weight excluding hydrogens is 282 g/mol. The highest BCUT2D eigenvalue weighted by molar-refractivity contribution is 5.98. The molecule has 0 bridgehead atoms. The summed E-state index contributed by atoms with van der Waals surface area (Å²) in [6.07, 6.45) is -0.192. The van der Waals surface area contributed by atoms with Crippen molar-refractivity contribution in [3.63, 3.8) is 0 Å². The number of hydrogen-bond acceptors (Lipinski definition) is 3. The molecule has 1 unspecified atom stereocenters. The molecule has 1 aliphatic rings. The second kappa shape index (κ2) is 5.68. The molecule has 6 nitrogen and oxygen atoms in total. The maximum atomic E-state index is 12.4. The highest BCUT2D eigenvalue weighted by Gasteiger charge is 2.38. The van der Waals surface area contributed by atoms with E-state index in [0.717, 1.165) is 5.56 Å². The molecule has 116 valence electrons. The van der Waals surface area contributed by atoms with Crippen LogP contribution < -0.4 is 5.32 Å². The van der Waals surface area contributed by atoms with Crippen molar-refractivity contribution in [2.75, 3.05) is 5.32 Å². The SMILES string of the molecule is CC(C)(C)N(C(=O)O)C1CCc2cc(C#N)ccc2NC1=O. The van der Waals surface area contributed by atoms with E-state index in [0.29, 0.717) is 24.1 Å². The van der Waals surface area contributed by atoms with Crippen molar-refractivity contribution in [3.8, 4) is 6.07 Å². The maximum absolute atomic E-state index is 12.4. The Bertz CT molecular complexity index is 656. The number of nitrogens with one attached hydrogen (secondary N) is 1. The summed E-state index contributed by atoms with van der Waals surface area (Å²) < 4.78 is 0. The van der Waals surface area contributed by atoms with E-state index in [1.807, 2.05) is 0 Å². The molecule has 0 radical (unpaired) electrons. The first-order valence-electron chi connectivity index (χ1n) is 7.10. The number of fused-ring (bicyclic) bond motifs is 1. The molecule has 0 aliphatic carbocycles. The number of amides is 2. The monoisotopic (exact) mass is 301 g/mol. The first-order valence-corrected chi connectivity index (χ1v) is 7.10. The Morgan fingerprint density at radius 2 is 2.14 bits per heavy atom. The van der Waals surface area contributed by atoms with E-state index in [1.54, 1.807) is 39.0 Å². The van der Waals surface area contributed by atoms with E-state index >= 15 is 0 Å². The van der Waals surface area contributed by atoms with Crippen LogP contribution in [0.4, 0.5) is 10.5 Å². The second-order valence-electron chi connectivity index (χ2n) is 6.35. The normalized spacial score (nSPS) is 17.7. The van der Waals surface area contributed by atoms with Gasteiger partial charge in [-0.15, -0.1) is 0 Å². The predicted molar refractivity (Wildman–Crippen MR) is 81.5 cm³/mol. The minimum Gasteiger partial charge on any atom is -0.465 e. The van der Waals surface area contributed by atoms with Gasteiger partial charge in [0, 0.05) is 11.2 Å². The van der Waals surface area contributed by atoms with Crippen LogP contribution in [0, 0.1) is 11.3 Å². The molecule has 1 heterocycles. The van der Waals surface area contributed by atoms with E-state index in [9.17, 15) is 14.7 Å². The minimum atomic E-state index is -1.11. The van der Waals surface area contributed by atoms with Gasteiger partial charge in [-0.2, -0.15) is 5.26 Å². The average Bonchev–Trinajstić information content (AvgIpc) is 2.56. The summed E-state index contributed by atoms with van der Waals surface area (Å²) in [5.41, 5.74) is 1.35. The van der Waals surface area contributed by atoms with Crippen molar-refractivity contribution in [2.45, 2.75) is 45.2 Å². The number of aryl methyl sites for hydroxylation is 1. The standard InChI is InChI=1S/C16H19N3O3/c1-16(2,3)19(15(21)22)13-7-5-11-8-10(9-17)4-6-12(11)18-14(13)20/h4,6,8,13H,5,7H2,1-3H3,(H,18,20)(H,21,22). The Balaban J connectivity index is 2.35. The molecule has 0 saturated heterocycles. The third kappa shape index (κ3) is 3.03. The smallest absolute Gasteiger partial charge is 0.408 e. The summed E-state index contributed by atoms with van der Waals surface area (Å²) in [5.74, 6) is -0.333. The van der Waals surface area contributed by atoms with E-state index in [-0.39, 0.29) is 5.91 Å². The fraction of sp³-hybridized carbons (Fsp3) is 0.438. The van der Waals surface area contributed by atoms with Gasteiger partial charge in [0.1, 0.15) is 6.04 Å². The largest absolute Gasteiger partial charge is 0.465 e. The second-order valence-corrected chi connectivity index (χ2v) is 6.35. The highest BCUT2D eigenvalue weighted by atomic mass is 16.4. The van der Waals surface area contributed by atoms with Gasteiger partial charge in [-0.3, -0.25) is 9.69 Å². The Kier molecular flexibility index (Phi) is 4.09. The number of anilines is 1. The first-order chi connectivity index (χ1) is 10.2. The molecule has 1 atom stereocenters. The van der Waals surface area contributed by atoms with Crippen LogP contribution in [0.2, 0.25) is 0 Å². The molecule has 0 saturated carbocycles. The van der Waals surface area contributed by atoms with Gasteiger partial charge in [0.25, 0.3) is 0 Å². The summed E-state index contributed by atoms with van der Waals surface area (Å²) in [6.45, 7) is 5.29. The van der Waals surface area contributed by atoms with Crippen LogP contribution in [0.3, 0.4) is 0 Å². The molecule has 6 heteroatoms. The molecule has 2 amide bonds. The lowest BCUT2D eigenvalue weighted by Gasteiger charge is -2.38. The Morgan fingerprint density at radius 1 is 1.45 bits per heavy atom. The van der Waals surface area contributed by atoms with Gasteiger partial charge < -0.3 is 10.4 Å².